The van der Waals surface area contributed by atoms with Crippen molar-refractivity contribution in [1.29, 1.82) is 0 Å². The van der Waals surface area contributed by atoms with Crippen LogP contribution in [0.25, 0.3) is 0 Å². The van der Waals surface area contributed by atoms with Crippen LogP contribution in [0, 0.1) is 0 Å². The van der Waals surface area contributed by atoms with Crippen LogP contribution < -0.4 is 14.8 Å². The molecule has 27 heavy (non-hydrogen) atoms. The zero-order valence-corrected chi connectivity index (χ0v) is 16.3. The second kappa shape index (κ2) is 9.50. The van der Waals surface area contributed by atoms with Crippen LogP contribution in [-0.2, 0) is 19.6 Å². The number of para-hydroxylation sites is 1. The second-order valence-electron chi connectivity index (χ2n) is 6.06. The second-order valence-corrected chi connectivity index (χ2v) is 7.78. The number of anilines is 1. The van der Waals surface area contributed by atoms with Crippen LogP contribution in [0.15, 0.2) is 59.5 Å². The average Bonchev–Trinajstić information content (AvgIpc) is 2.62. The number of methoxy groups -OCH3 is 1. The van der Waals surface area contributed by atoms with Crippen LogP contribution in [0.4, 0.5) is 5.69 Å². The number of hydrogen-bond acceptors (Lipinski definition) is 5. The monoisotopic (exact) mass is 392 g/mol. The SMILES string of the molecule is COCC(C)NS(=O)(=O)c1ccc(NC(=O)C(C)Oc2ccccc2)cc1. The third kappa shape index (κ3) is 6.35. The Hall–Kier alpha value is -2.42. The highest BCUT2D eigenvalue weighted by atomic mass is 32.2. The van der Waals surface area contributed by atoms with E-state index in [2.05, 4.69) is 10.0 Å². The van der Waals surface area contributed by atoms with Gasteiger partial charge in [0.2, 0.25) is 10.0 Å². The molecule has 0 saturated carbocycles. The molecule has 0 aliphatic rings. The number of rotatable bonds is 9. The molecular formula is C19H24N2O5S. The highest BCUT2D eigenvalue weighted by Gasteiger charge is 2.18. The molecule has 2 atom stereocenters. The van der Waals surface area contributed by atoms with E-state index in [-0.39, 0.29) is 23.5 Å². The summed E-state index contributed by atoms with van der Waals surface area (Å²) < 4.78 is 37.6. The van der Waals surface area contributed by atoms with Gasteiger partial charge in [-0.05, 0) is 50.2 Å². The van der Waals surface area contributed by atoms with Gasteiger partial charge in [0.1, 0.15) is 5.75 Å². The van der Waals surface area contributed by atoms with Gasteiger partial charge in [0.05, 0.1) is 11.5 Å². The Morgan fingerprint density at radius 2 is 1.67 bits per heavy atom. The Kier molecular flexibility index (Phi) is 7.35. The Labute approximate surface area is 159 Å². The minimum Gasteiger partial charge on any atom is -0.481 e. The van der Waals surface area contributed by atoms with Crippen molar-refractivity contribution in [2.24, 2.45) is 0 Å². The fraction of sp³-hybridized carbons (Fsp3) is 0.316. The summed E-state index contributed by atoms with van der Waals surface area (Å²) in [4.78, 5) is 12.3. The van der Waals surface area contributed by atoms with Gasteiger partial charge >= 0.3 is 0 Å². The van der Waals surface area contributed by atoms with E-state index in [1.165, 1.54) is 31.4 Å². The Morgan fingerprint density at radius 3 is 2.26 bits per heavy atom. The maximum atomic E-state index is 12.3. The van der Waals surface area contributed by atoms with Crippen molar-refractivity contribution in [1.82, 2.24) is 4.72 Å². The first-order valence-corrected chi connectivity index (χ1v) is 9.94. The third-order valence-corrected chi connectivity index (χ3v) is 5.24. The topological polar surface area (TPSA) is 93.7 Å². The van der Waals surface area contributed by atoms with Crippen molar-refractivity contribution in [3.8, 4) is 5.75 Å². The minimum atomic E-state index is -3.65. The lowest BCUT2D eigenvalue weighted by molar-refractivity contribution is -0.122. The molecule has 8 heteroatoms. The molecule has 2 N–H and O–H groups in total. The summed E-state index contributed by atoms with van der Waals surface area (Å²) in [6, 6.07) is 14.6. The molecule has 0 aliphatic carbocycles. The molecule has 146 valence electrons. The molecule has 0 aromatic heterocycles. The predicted molar refractivity (Wildman–Crippen MR) is 103 cm³/mol. The van der Waals surface area contributed by atoms with Crippen molar-refractivity contribution < 1.29 is 22.7 Å². The number of carbonyl (C=O) groups is 1. The molecule has 0 saturated heterocycles. The quantitative estimate of drug-likeness (QED) is 0.683. The first kappa shape index (κ1) is 20.9. The lowest BCUT2D eigenvalue weighted by Gasteiger charge is -2.15. The number of sulfonamides is 1. The van der Waals surface area contributed by atoms with E-state index in [0.717, 1.165) is 0 Å². The summed E-state index contributed by atoms with van der Waals surface area (Å²) >= 11 is 0. The van der Waals surface area contributed by atoms with Crippen molar-refractivity contribution in [3.05, 3.63) is 54.6 Å². The van der Waals surface area contributed by atoms with Gasteiger partial charge in [-0.1, -0.05) is 18.2 Å². The Balaban J connectivity index is 1.97. The molecule has 0 heterocycles. The highest BCUT2D eigenvalue weighted by molar-refractivity contribution is 7.89. The molecule has 0 radical (unpaired) electrons. The van der Waals surface area contributed by atoms with Crippen LogP contribution in [-0.4, -0.2) is 40.2 Å². The molecule has 1 amide bonds. The normalized spacial score (nSPS) is 13.6. The molecule has 0 aliphatic heterocycles. The maximum Gasteiger partial charge on any atom is 0.265 e. The van der Waals surface area contributed by atoms with Crippen LogP contribution in [0.3, 0.4) is 0 Å². The van der Waals surface area contributed by atoms with Crippen molar-refractivity contribution >= 4 is 21.6 Å². The molecule has 0 spiro atoms. The number of hydrogen-bond donors (Lipinski definition) is 2. The van der Waals surface area contributed by atoms with Gasteiger partial charge in [-0.2, -0.15) is 0 Å². The fourth-order valence-corrected chi connectivity index (χ4v) is 3.56. The van der Waals surface area contributed by atoms with Gasteiger partial charge in [0.25, 0.3) is 5.91 Å². The summed E-state index contributed by atoms with van der Waals surface area (Å²) in [5.74, 6) is 0.263. The zero-order chi connectivity index (χ0) is 19.9. The van der Waals surface area contributed by atoms with Crippen LogP contribution >= 0.6 is 0 Å². The molecule has 7 nitrogen and oxygen atoms in total. The summed E-state index contributed by atoms with van der Waals surface area (Å²) in [6.07, 6.45) is -0.702. The average molecular weight is 392 g/mol. The molecule has 2 unspecified atom stereocenters. The minimum absolute atomic E-state index is 0.108. The molecule has 0 fully saturated rings. The fourth-order valence-electron chi connectivity index (χ4n) is 2.33. The summed E-state index contributed by atoms with van der Waals surface area (Å²) in [5.41, 5.74) is 0.479. The van der Waals surface area contributed by atoms with Crippen LogP contribution in [0.2, 0.25) is 0 Å². The number of carbonyl (C=O) groups excluding carboxylic acids is 1. The smallest absolute Gasteiger partial charge is 0.265 e. The van der Waals surface area contributed by atoms with E-state index >= 15 is 0 Å². The molecule has 2 aromatic rings. The van der Waals surface area contributed by atoms with Crippen LogP contribution in [0.5, 0.6) is 5.75 Å². The number of amides is 1. The van der Waals surface area contributed by atoms with E-state index < -0.39 is 16.1 Å². The van der Waals surface area contributed by atoms with Gasteiger partial charge in [-0.25, -0.2) is 13.1 Å². The van der Waals surface area contributed by atoms with E-state index in [1.807, 2.05) is 18.2 Å². The van der Waals surface area contributed by atoms with Gasteiger partial charge in [0, 0.05) is 18.8 Å². The number of benzene rings is 2. The standard InChI is InChI=1S/C19H24N2O5S/c1-14(13-25-3)21-27(23,24)18-11-9-16(10-12-18)20-19(22)15(2)26-17-7-5-4-6-8-17/h4-12,14-15,21H,13H2,1-3H3,(H,20,22). The number of ether oxygens (including phenoxy) is 2. The Bertz CT molecular complexity index is 838. The van der Waals surface area contributed by atoms with Crippen molar-refractivity contribution in [2.75, 3.05) is 19.0 Å². The van der Waals surface area contributed by atoms with E-state index in [0.29, 0.717) is 11.4 Å². The molecule has 2 aromatic carbocycles. The zero-order valence-electron chi connectivity index (χ0n) is 15.5. The van der Waals surface area contributed by atoms with Crippen molar-refractivity contribution in [3.63, 3.8) is 0 Å². The van der Waals surface area contributed by atoms with Gasteiger partial charge in [-0.3, -0.25) is 4.79 Å². The third-order valence-electron chi connectivity index (χ3n) is 3.63. The maximum absolute atomic E-state index is 12.3. The number of nitrogens with one attached hydrogen (secondary N) is 2. The van der Waals surface area contributed by atoms with Gasteiger partial charge in [-0.15, -0.1) is 0 Å². The van der Waals surface area contributed by atoms with E-state index in [4.69, 9.17) is 9.47 Å². The molecule has 0 bridgehead atoms. The largest absolute Gasteiger partial charge is 0.481 e. The predicted octanol–water partition coefficient (Wildman–Crippen LogP) is 2.41. The van der Waals surface area contributed by atoms with Gasteiger partial charge in [0.15, 0.2) is 6.10 Å². The van der Waals surface area contributed by atoms with Gasteiger partial charge < -0.3 is 14.8 Å². The molecular weight excluding hydrogens is 368 g/mol. The lowest BCUT2D eigenvalue weighted by atomic mass is 10.3. The van der Waals surface area contributed by atoms with Crippen molar-refractivity contribution in [2.45, 2.75) is 30.9 Å². The highest BCUT2D eigenvalue weighted by Crippen LogP contribution is 2.16. The summed E-state index contributed by atoms with van der Waals surface area (Å²) in [5, 5.41) is 2.70. The summed E-state index contributed by atoms with van der Waals surface area (Å²) in [6.45, 7) is 3.62. The van der Waals surface area contributed by atoms with E-state index in [1.54, 1.807) is 26.0 Å². The first-order chi connectivity index (χ1) is 12.8. The molecule has 2 rings (SSSR count). The summed E-state index contributed by atoms with van der Waals surface area (Å²) in [7, 11) is -2.15. The first-order valence-electron chi connectivity index (χ1n) is 8.45. The van der Waals surface area contributed by atoms with Crippen LogP contribution in [0.1, 0.15) is 13.8 Å². The lowest BCUT2D eigenvalue weighted by Crippen LogP contribution is -2.35. The Morgan fingerprint density at radius 1 is 1.04 bits per heavy atom. The van der Waals surface area contributed by atoms with E-state index in [9.17, 15) is 13.2 Å².